The van der Waals surface area contributed by atoms with E-state index in [9.17, 15) is 0 Å². The maximum absolute atomic E-state index is 5.50. The van der Waals surface area contributed by atoms with Gasteiger partial charge < -0.3 is 9.47 Å². The van der Waals surface area contributed by atoms with Crippen LogP contribution in [0.2, 0.25) is 0 Å². The van der Waals surface area contributed by atoms with Gasteiger partial charge in [0.25, 0.3) is 0 Å². The molecule has 0 aliphatic carbocycles. The van der Waals surface area contributed by atoms with Crippen molar-refractivity contribution in [1.29, 1.82) is 0 Å². The number of hydrogen-bond donors (Lipinski definition) is 0. The van der Waals surface area contributed by atoms with Crippen LogP contribution in [0, 0.1) is 0 Å². The molecule has 0 fully saturated rings. The average Bonchev–Trinajstić information content (AvgIpc) is 2.92. The first-order chi connectivity index (χ1) is 9.42. The standard InChI is InChI=1S/C12H11N5O2/c1-2-4-10(5-3-1)18-8-9-19-12-7-6-11-13-15-16-17(11)14-12/h1-7H,8-9H2. The minimum absolute atomic E-state index is 0.398. The van der Waals surface area contributed by atoms with Crippen LogP contribution >= 0.6 is 0 Å². The first-order valence-corrected chi connectivity index (χ1v) is 5.78. The third-order valence-electron chi connectivity index (χ3n) is 2.39. The molecule has 1 aromatic carbocycles. The minimum atomic E-state index is 0.398. The maximum Gasteiger partial charge on any atom is 0.233 e. The van der Waals surface area contributed by atoms with E-state index in [2.05, 4.69) is 20.6 Å². The molecule has 0 radical (unpaired) electrons. The van der Waals surface area contributed by atoms with Gasteiger partial charge in [0.2, 0.25) is 5.88 Å². The molecule has 0 spiro atoms. The summed E-state index contributed by atoms with van der Waals surface area (Å²) < 4.78 is 12.3. The zero-order valence-electron chi connectivity index (χ0n) is 10.0. The van der Waals surface area contributed by atoms with Gasteiger partial charge in [-0.05, 0) is 28.6 Å². The second kappa shape index (κ2) is 5.30. The molecular weight excluding hydrogens is 246 g/mol. The molecule has 0 aliphatic heterocycles. The van der Waals surface area contributed by atoms with Crippen LogP contribution < -0.4 is 9.47 Å². The van der Waals surface area contributed by atoms with Gasteiger partial charge in [-0.25, -0.2) is 0 Å². The Morgan fingerprint density at radius 2 is 1.79 bits per heavy atom. The number of tetrazole rings is 1. The monoisotopic (exact) mass is 257 g/mol. The third kappa shape index (κ3) is 2.76. The van der Waals surface area contributed by atoms with Crippen LogP contribution in [-0.4, -0.2) is 38.5 Å². The fourth-order valence-corrected chi connectivity index (χ4v) is 1.53. The highest BCUT2D eigenvalue weighted by Gasteiger charge is 2.01. The summed E-state index contributed by atoms with van der Waals surface area (Å²) in [7, 11) is 0. The van der Waals surface area contributed by atoms with Gasteiger partial charge in [-0.2, -0.15) is 0 Å². The predicted octanol–water partition coefficient (Wildman–Crippen LogP) is 0.977. The largest absolute Gasteiger partial charge is 0.490 e. The Labute approximate surface area is 108 Å². The smallest absolute Gasteiger partial charge is 0.233 e. The molecule has 0 saturated heterocycles. The second-order valence-corrected chi connectivity index (χ2v) is 3.71. The highest BCUT2D eigenvalue weighted by Crippen LogP contribution is 2.09. The minimum Gasteiger partial charge on any atom is -0.490 e. The molecule has 0 aliphatic rings. The average molecular weight is 257 g/mol. The van der Waals surface area contributed by atoms with E-state index in [4.69, 9.17) is 9.47 Å². The van der Waals surface area contributed by atoms with E-state index in [1.165, 1.54) is 4.63 Å². The van der Waals surface area contributed by atoms with Crippen molar-refractivity contribution in [3.05, 3.63) is 42.5 Å². The molecule has 0 unspecified atom stereocenters. The summed E-state index contributed by atoms with van der Waals surface area (Å²) in [4.78, 5) is 0. The Hall–Kier alpha value is -2.70. The van der Waals surface area contributed by atoms with Gasteiger partial charge in [-0.15, -0.1) is 14.8 Å². The highest BCUT2D eigenvalue weighted by atomic mass is 16.5. The molecule has 0 N–H and O–H groups in total. The number of rotatable bonds is 5. The van der Waals surface area contributed by atoms with Crippen LogP contribution in [0.5, 0.6) is 11.6 Å². The number of ether oxygens (including phenoxy) is 2. The summed E-state index contributed by atoms with van der Waals surface area (Å²) >= 11 is 0. The molecular formula is C12H11N5O2. The first kappa shape index (κ1) is 11.4. The summed E-state index contributed by atoms with van der Waals surface area (Å²) in [6.45, 7) is 0.842. The Balaban J connectivity index is 1.52. The molecule has 3 rings (SSSR count). The van der Waals surface area contributed by atoms with E-state index in [1.54, 1.807) is 12.1 Å². The molecule has 96 valence electrons. The van der Waals surface area contributed by atoms with Crippen LogP contribution in [0.1, 0.15) is 0 Å². The lowest BCUT2D eigenvalue weighted by Crippen LogP contribution is -2.10. The first-order valence-electron chi connectivity index (χ1n) is 5.78. The number of aromatic nitrogens is 5. The lowest BCUT2D eigenvalue weighted by molar-refractivity contribution is 0.209. The normalized spacial score (nSPS) is 10.5. The molecule has 0 amide bonds. The Bertz CT molecular complexity index is 655. The molecule has 2 heterocycles. The third-order valence-corrected chi connectivity index (χ3v) is 2.39. The van der Waals surface area contributed by atoms with Crippen molar-refractivity contribution in [3.8, 4) is 11.6 Å². The highest BCUT2D eigenvalue weighted by molar-refractivity contribution is 5.34. The Kier molecular flexibility index (Phi) is 3.18. The molecule has 19 heavy (non-hydrogen) atoms. The summed E-state index contributed by atoms with van der Waals surface area (Å²) in [6.07, 6.45) is 0. The van der Waals surface area contributed by atoms with Gasteiger partial charge in [0.1, 0.15) is 19.0 Å². The summed E-state index contributed by atoms with van der Waals surface area (Å²) in [6, 6.07) is 13.0. The van der Waals surface area contributed by atoms with Crippen LogP contribution in [0.4, 0.5) is 0 Å². The van der Waals surface area contributed by atoms with Crippen molar-refractivity contribution in [3.63, 3.8) is 0 Å². The van der Waals surface area contributed by atoms with Gasteiger partial charge >= 0.3 is 0 Å². The van der Waals surface area contributed by atoms with Gasteiger partial charge in [-0.3, -0.25) is 0 Å². The lowest BCUT2D eigenvalue weighted by atomic mass is 10.3. The number of para-hydroxylation sites is 1. The zero-order chi connectivity index (χ0) is 12.9. The number of nitrogens with zero attached hydrogens (tertiary/aromatic N) is 5. The van der Waals surface area contributed by atoms with E-state index in [-0.39, 0.29) is 0 Å². The zero-order valence-corrected chi connectivity index (χ0v) is 10.0. The summed E-state index contributed by atoms with van der Waals surface area (Å²) in [5.74, 6) is 1.27. The van der Waals surface area contributed by atoms with Crippen LogP contribution in [0.15, 0.2) is 42.5 Å². The molecule has 2 aromatic heterocycles. The molecule has 7 heteroatoms. The maximum atomic E-state index is 5.50. The van der Waals surface area contributed by atoms with Crippen LogP contribution in [-0.2, 0) is 0 Å². The molecule has 0 atom stereocenters. The van der Waals surface area contributed by atoms with Crippen molar-refractivity contribution in [2.24, 2.45) is 0 Å². The van der Waals surface area contributed by atoms with Crippen LogP contribution in [0.3, 0.4) is 0 Å². The fourth-order valence-electron chi connectivity index (χ4n) is 1.53. The Morgan fingerprint density at radius 1 is 0.947 bits per heavy atom. The van der Waals surface area contributed by atoms with Crippen molar-refractivity contribution >= 4 is 5.65 Å². The molecule has 7 nitrogen and oxygen atoms in total. The quantitative estimate of drug-likeness (QED) is 0.634. The van der Waals surface area contributed by atoms with Gasteiger partial charge in [-0.1, -0.05) is 18.2 Å². The van der Waals surface area contributed by atoms with Gasteiger partial charge in [0.15, 0.2) is 5.65 Å². The van der Waals surface area contributed by atoms with Crippen molar-refractivity contribution in [2.75, 3.05) is 13.2 Å². The van der Waals surface area contributed by atoms with Crippen molar-refractivity contribution in [1.82, 2.24) is 25.3 Å². The number of benzene rings is 1. The van der Waals surface area contributed by atoms with Crippen LogP contribution in [0.25, 0.3) is 5.65 Å². The summed E-state index contributed by atoms with van der Waals surface area (Å²) in [5.41, 5.74) is 0.577. The topological polar surface area (TPSA) is 74.4 Å². The van der Waals surface area contributed by atoms with E-state index in [0.717, 1.165) is 5.75 Å². The fraction of sp³-hybridized carbons (Fsp3) is 0.167. The molecule has 0 bridgehead atoms. The van der Waals surface area contributed by atoms with E-state index >= 15 is 0 Å². The number of fused-ring (bicyclic) bond motifs is 1. The Morgan fingerprint density at radius 3 is 2.68 bits per heavy atom. The molecule has 0 saturated carbocycles. The van der Waals surface area contributed by atoms with E-state index in [0.29, 0.717) is 24.7 Å². The number of hydrogen-bond acceptors (Lipinski definition) is 6. The van der Waals surface area contributed by atoms with Gasteiger partial charge in [0.05, 0.1) is 0 Å². The second-order valence-electron chi connectivity index (χ2n) is 3.71. The van der Waals surface area contributed by atoms with Gasteiger partial charge in [0, 0.05) is 6.07 Å². The van der Waals surface area contributed by atoms with Crippen molar-refractivity contribution < 1.29 is 9.47 Å². The van der Waals surface area contributed by atoms with E-state index in [1.807, 2.05) is 30.3 Å². The predicted molar refractivity (Wildman–Crippen MR) is 66.0 cm³/mol. The summed E-state index contributed by atoms with van der Waals surface area (Å²) in [5, 5.41) is 15.0. The SMILES string of the molecule is c1ccc(OCCOc2ccc3nnnn3n2)cc1. The van der Waals surface area contributed by atoms with E-state index < -0.39 is 0 Å². The lowest BCUT2D eigenvalue weighted by Gasteiger charge is -2.07. The molecule has 3 aromatic rings. The van der Waals surface area contributed by atoms with Crippen molar-refractivity contribution in [2.45, 2.75) is 0 Å².